The minimum Gasteiger partial charge on any atom is -0.497 e. The summed E-state index contributed by atoms with van der Waals surface area (Å²) in [4.78, 5) is 5.49. The van der Waals surface area contributed by atoms with Crippen LogP contribution in [0.5, 0.6) is 17.2 Å². The molecule has 1 aliphatic rings. The number of nitrogens with zero attached hydrogens (tertiary/aromatic N) is 1. The standard InChI is InChI=1S/C53H49FN2O4/c1-32(2)49(35-22-28-38(57-7)29-23-35)55-33(3)52(60-45-19-13-18-44-47(45)41-15-10-12-17-43(41)59-44)51-46(34-20-26-37(27-21-34)53(4,5)6)48(40-14-9-11-16-42(40)54)50(56-51)36-24-30-39(58-8)31-25-36/h9-32,49,55H,3H2,1-2,4-8H3/b52-51+. The maximum atomic E-state index is 16.4. The summed E-state index contributed by atoms with van der Waals surface area (Å²) in [6, 6.07) is 44.6. The van der Waals surface area contributed by atoms with Gasteiger partial charge in [-0.05, 0) is 88.7 Å². The van der Waals surface area contributed by atoms with Gasteiger partial charge in [0.2, 0.25) is 0 Å². The van der Waals surface area contributed by atoms with E-state index in [-0.39, 0.29) is 23.2 Å². The fourth-order valence-corrected chi connectivity index (χ4v) is 7.82. The number of nitrogens with one attached hydrogen (secondary N) is 1. The zero-order valence-electron chi connectivity index (χ0n) is 35.1. The molecule has 8 rings (SSSR count). The highest BCUT2D eigenvalue weighted by molar-refractivity contribution is 6.41. The quantitative estimate of drug-likeness (QED) is 0.125. The zero-order valence-corrected chi connectivity index (χ0v) is 35.1. The topological polar surface area (TPSA) is 65.2 Å². The number of methoxy groups -OCH3 is 2. The lowest BCUT2D eigenvalue weighted by Crippen LogP contribution is -2.27. The van der Waals surface area contributed by atoms with Crippen LogP contribution in [0.3, 0.4) is 0 Å². The molecule has 0 amide bonds. The van der Waals surface area contributed by atoms with E-state index in [0.29, 0.717) is 56.7 Å². The van der Waals surface area contributed by atoms with Crippen molar-refractivity contribution in [3.8, 4) is 17.2 Å². The van der Waals surface area contributed by atoms with Gasteiger partial charge in [0.25, 0.3) is 0 Å². The average molecular weight is 797 g/mol. The number of rotatable bonds is 12. The van der Waals surface area contributed by atoms with Gasteiger partial charge in [-0.3, -0.25) is 0 Å². The van der Waals surface area contributed by atoms with Gasteiger partial charge in [0.05, 0.1) is 37.1 Å². The van der Waals surface area contributed by atoms with Crippen molar-refractivity contribution in [1.82, 2.24) is 5.32 Å². The van der Waals surface area contributed by atoms with Crippen LogP contribution in [0.4, 0.5) is 4.39 Å². The van der Waals surface area contributed by atoms with Gasteiger partial charge in [0.1, 0.15) is 39.9 Å². The Labute approximate surface area is 351 Å². The highest BCUT2D eigenvalue weighted by atomic mass is 19.1. The van der Waals surface area contributed by atoms with Crippen LogP contribution in [0.15, 0.2) is 173 Å². The number of benzene rings is 6. The summed E-state index contributed by atoms with van der Waals surface area (Å²) in [6.45, 7) is 15.6. The first-order valence-corrected chi connectivity index (χ1v) is 20.2. The van der Waals surface area contributed by atoms with Crippen LogP contribution < -0.4 is 19.5 Å². The molecule has 0 bridgehead atoms. The van der Waals surface area contributed by atoms with E-state index in [9.17, 15) is 0 Å². The van der Waals surface area contributed by atoms with Crippen molar-refractivity contribution >= 4 is 38.8 Å². The van der Waals surface area contributed by atoms with Gasteiger partial charge in [-0.25, -0.2) is 9.38 Å². The second kappa shape index (κ2) is 16.4. The molecule has 1 aliphatic heterocycles. The SMILES string of the molecule is C=C(NC(c1ccc(OC)cc1)C(C)C)/C(Oc1cccc2oc3ccccc3c12)=C1\N=C(c2ccc(OC)cc2)C(c2ccccc2F)=C1c1ccc(C(C)(C)C)cc1. The molecule has 7 heteroatoms. The molecule has 6 aromatic carbocycles. The van der Waals surface area contributed by atoms with Crippen molar-refractivity contribution in [3.05, 3.63) is 197 Å². The molecule has 302 valence electrons. The van der Waals surface area contributed by atoms with Gasteiger partial charge in [-0.1, -0.05) is 120 Å². The van der Waals surface area contributed by atoms with Crippen molar-refractivity contribution in [3.63, 3.8) is 0 Å². The summed E-state index contributed by atoms with van der Waals surface area (Å²) in [7, 11) is 3.30. The normalized spacial score (nSPS) is 14.4. The maximum Gasteiger partial charge on any atom is 0.176 e. The number of aliphatic imine (C=N–C) groups is 1. The van der Waals surface area contributed by atoms with E-state index in [2.05, 4.69) is 76.3 Å². The van der Waals surface area contributed by atoms with Gasteiger partial charge >= 0.3 is 0 Å². The predicted octanol–water partition coefficient (Wildman–Crippen LogP) is 13.2. The number of furan rings is 1. The molecule has 0 radical (unpaired) electrons. The molecule has 7 aromatic rings. The Kier molecular flexibility index (Phi) is 10.9. The van der Waals surface area contributed by atoms with E-state index >= 15 is 4.39 Å². The number of fused-ring (bicyclic) bond motifs is 3. The van der Waals surface area contributed by atoms with Crippen LogP contribution in [0, 0.1) is 11.7 Å². The van der Waals surface area contributed by atoms with Crippen LogP contribution in [-0.4, -0.2) is 19.9 Å². The first-order valence-electron chi connectivity index (χ1n) is 20.2. The molecule has 1 aromatic heterocycles. The van der Waals surface area contributed by atoms with Gasteiger partial charge in [-0.15, -0.1) is 0 Å². The number of halogens is 1. The number of allylic oxidation sites excluding steroid dienone is 2. The van der Waals surface area contributed by atoms with Crippen molar-refractivity contribution in [2.45, 2.75) is 46.1 Å². The van der Waals surface area contributed by atoms with E-state index in [4.69, 9.17) is 30.2 Å². The smallest absolute Gasteiger partial charge is 0.176 e. The fraction of sp³-hybridized carbons (Fsp3) is 0.189. The number of hydrogen-bond donors (Lipinski definition) is 1. The first kappa shape index (κ1) is 39.9. The Morgan fingerprint density at radius 2 is 1.32 bits per heavy atom. The van der Waals surface area contributed by atoms with Crippen LogP contribution in [0.2, 0.25) is 0 Å². The van der Waals surface area contributed by atoms with Crippen molar-refractivity contribution in [2.75, 3.05) is 14.2 Å². The van der Waals surface area contributed by atoms with E-state index in [0.717, 1.165) is 38.8 Å². The monoisotopic (exact) mass is 796 g/mol. The number of hydrogen-bond acceptors (Lipinski definition) is 6. The second-order valence-electron chi connectivity index (χ2n) is 16.4. The van der Waals surface area contributed by atoms with Crippen LogP contribution in [0.25, 0.3) is 33.1 Å². The Bertz CT molecular complexity index is 2800. The highest BCUT2D eigenvalue weighted by Gasteiger charge is 2.34. The molecule has 1 unspecified atom stereocenters. The summed E-state index contributed by atoms with van der Waals surface area (Å²) in [5, 5.41) is 5.50. The average Bonchev–Trinajstić information content (AvgIpc) is 3.84. The summed E-state index contributed by atoms with van der Waals surface area (Å²) < 4.78 is 41.0. The van der Waals surface area contributed by atoms with Crippen molar-refractivity contribution < 1.29 is 23.0 Å². The van der Waals surface area contributed by atoms with Crippen molar-refractivity contribution in [1.29, 1.82) is 0 Å². The van der Waals surface area contributed by atoms with Crippen LogP contribution >= 0.6 is 0 Å². The molecule has 2 heterocycles. The van der Waals surface area contributed by atoms with Gasteiger partial charge in [0.15, 0.2) is 5.76 Å². The molecule has 0 saturated carbocycles. The largest absolute Gasteiger partial charge is 0.497 e. The summed E-state index contributed by atoms with van der Waals surface area (Å²) in [5.74, 6) is 2.19. The molecule has 0 aliphatic carbocycles. The predicted molar refractivity (Wildman–Crippen MR) is 242 cm³/mol. The Morgan fingerprint density at radius 1 is 0.700 bits per heavy atom. The third-order valence-electron chi connectivity index (χ3n) is 11.0. The number of para-hydroxylation sites is 1. The van der Waals surface area contributed by atoms with E-state index in [1.165, 1.54) is 11.6 Å². The molecule has 6 nitrogen and oxygen atoms in total. The van der Waals surface area contributed by atoms with E-state index in [1.54, 1.807) is 26.4 Å². The zero-order chi connectivity index (χ0) is 42.1. The van der Waals surface area contributed by atoms with Gasteiger partial charge in [-0.2, -0.15) is 0 Å². The maximum absolute atomic E-state index is 16.4. The minimum atomic E-state index is -0.368. The lowest BCUT2D eigenvalue weighted by Gasteiger charge is -2.27. The first-order chi connectivity index (χ1) is 28.9. The Hall–Kier alpha value is -6.86. The summed E-state index contributed by atoms with van der Waals surface area (Å²) in [6.07, 6.45) is 0. The molecule has 60 heavy (non-hydrogen) atoms. The minimum absolute atomic E-state index is 0.0911. The van der Waals surface area contributed by atoms with Crippen LogP contribution in [-0.2, 0) is 5.41 Å². The lowest BCUT2D eigenvalue weighted by molar-refractivity contribution is 0.395. The molecule has 0 fully saturated rings. The Balaban J connectivity index is 1.43. The van der Waals surface area contributed by atoms with Gasteiger partial charge < -0.3 is 23.9 Å². The summed E-state index contributed by atoms with van der Waals surface area (Å²) in [5.41, 5.74) is 8.53. The lowest BCUT2D eigenvalue weighted by atomic mass is 9.84. The third kappa shape index (κ3) is 7.71. The molecule has 1 N–H and O–H groups in total. The molecule has 0 saturated heterocycles. The second-order valence-corrected chi connectivity index (χ2v) is 16.4. The molecular weight excluding hydrogens is 748 g/mol. The molecular formula is C53H49FN2O4. The number of ether oxygens (including phenoxy) is 3. The fourth-order valence-electron chi connectivity index (χ4n) is 7.82. The van der Waals surface area contributed by atoms with E-state index in [1.807, 2.05) is 84.9 Å². The molecule has 1 atom stereocenters. The van der Waals surface area contributed by atoms with Crippen molar-refractivity contribution in [2.24, 2.45) is 10.9 Å². The highest BCUT2D eigenvalue weighted by Crippen LogP contribution is 2.46. The van der Waals surface area contributed by atoms with Gasteiger partial charge in [0, 0.05) is 27.7 Å². The third-order valence-corrected chi connectivity index (χ3v) is 11.0. The van der Waals surface area contributed by atoms with E-state index < -0.39 is 0 Å². The molecule has 0 spiro atoms. The summed E-state index contributed by atoms with van der Waals surface area (Å²) >= 11 is 0. The van der Waals surface area contributed by atoms with Crippen LogP contribution in [0.1, 0.15) is 68.5 Å². The Morgan fingerprint density at radius 3 is 1.97 bits per heavy atom.